The van der Waals surface area contributed by atoms with E-state index in [0.717, 1.165) is 19.3 Å². The summed E-state index contributed by atoms with van der Waals surface area (Å²) in [6, 6.07) is 7.89. The molecule has 1 fully saturated rings. The van der Waals surface area contributed by atoms with E-state index in [4.69, 9.17) is 25.6 Å². The van der Waals surface area contributed by atoms with Crippen LogP contribution >= 0.6 is 11.6 Å². The highest BCUT2D eigenvalue weighted by molar-refractivity contribution is 7.90. The number of halogens is 2. The zero-order chi connectivity index (χ0) is 26.6. The predicted octanol–water partition coefficient (Wildman–Crippen LogP) is 5.81. The Labute approximate surface area is 225 Å². The number of aromatic nitrogens is 3. The Bertz CT molecular complexity index is 1160. The third-order valence-corrected chi connectivity index (χ3v) is 8.31. The molecule has 2 atom stereocenters. The van der Waals surface area contributed by atoms with E-state index in [-0.39, 0.29) is 17.0 Å². The van der Waals surface area contributed by atoms with Gasteiger partial charge in [0.15, 0.2) is 5.15 Å². The fourth-order valence-corrected chi connectivity index (χ4v) is 5.64. The molecule has 0 bridgehead atoms. The standard InChI is InChI=1S/C26H34ClFN4O4S/c1-25(2,3)37(33)31-20(22-23(27)29-24(32(22)4)18-10-7-8-11-19(18)28)12-6-5-9-14-26(34-16-17-35-26)21-13-15-36-30-21/h7-8,10-11,13,15,20,31H,5-6,9,12,14,16-17H2,1-4H3/t20-,37?/m0/s1. The summed E-state index contributed by atoms with van der Waals surface area (Å²) in [6.07, 6.45) is 5.36. The van der Waals surface area contributed by atoms with E-state index < -0.39 is 21.9 Å². The zero-order valence-electron chi connectivity index (χ0n) is 21.6. The molecule has 11 heteroatoms. The Balaban J connectivity index is 1.47. The number of benzene rings is 1. The lowest BCUT2D eigenvalue weighted by atomic mass is 10.0. The molecule has 8 nitrogen and oxygen atoms in total. The van der Waals surface area contributed by atoms with Gasteiger partial charge in [-0.1, -0.05) is 41.7 Å². The van der Waals surface area contributed by atoms with Crippen molar-refractivity contribution in [1.29, 1.82) is 0 Å². The van der Waals surface area contributed by atoms with Crippen LogP contribution in [-0.4, -0.2) is 37.2 Å². The molecule has 1 aromatic carbocycles. The van der Waals surface area contributed by atoms with Crippen molar-refractivity contribution in [3.63, 3.8) is 0 Å². The van der Waals surface area contributed by atoms with Crippen molar-refractivity contribution in [2.24, 2.45) is 7.05 Å². The van der Waals surface area contributed by atoms with Crippen LogP contribution in [0, 0.1) is 5.82 Å². The van der Waals surface area contributed by atoms with Gasteiger partial charge < -0.3 is 23.1 Å². The van der Waals surface area contributed by atoms with Crippen molar-refractivity contribution in [3.8, 4) is 11.4 Å². The van der Waals surface area contributed by atoms with Gasteiger partial charge in [-0.3, -0.25) is 0 Å². The molecule has 1 aliphatic rings. The van der Waals surface area contributed by atoms with Gasteiger partial charge >= 0.3 is 0 Å². The molecule has 202 valence electrons. The van der Waals surface area contributed by atoms with Crippen LogP contribution in [0.25, 0.3) is 11.4 Å². The largest absolute Gasteiger partial charge is 0.598 e. The van der Waals surface area contributed by atoms with Gasteiger partial charge in [0, 0.05) is 30.9 Å². The Morgan fingerprint density at radius 3 is 2.57 bits per heavy atom. The maximum atomic E-state index is 14.5. The Morgan fingerprint density at radius 1 is 1.19 bits per heavy atom. The van der Waals surface area contributed by atoms with Crippen molar-refractivity contribution in [2.75, 3.05) is 13.2 Å². The first-order chi connectivity index (χ1) is 17.6. The number of imidazole rings is 1. The third-order valence-electron chi connectivity index (χ3n) is 6.43. The molecule has 4 rings (SSSR count). The molecule has 0 radical (unpaired) electrons. The molecule has 0 spiro atoms. The SMILES string of the molecule is Cn1c(-c2ccccc2F)nc(Cl)c1[C@H](CCCCCC1(c2ccon2)OCCO1)N[S+]([O-])C(C)(C)C. The van der Waals surface area contributed by atoms with Gasteiger partial charge in [-0.2, -0.15) is 0 Å². The maximum absolute atomic E-state index is 14.5. The minimum atomic E-state index is -1.34. The Hall–Kier alpha value is -1.95. The molecule has 37 heavy (non-hydrogen) atoms. The quantitative estimate of drug-likeness (QED) is 0.237. The van der Waals surface area contributed by atoms with Crippen LogP contribution in [0.3, 0.4) is 0 Å². The number of ether oxygens (including phenoxy) is 2. The van der Waals surface area contributed by atoms with Crippen molar-refractivity contribution < 1.29 is 22.9 Å². The molecular weight excluding hydrogens is 519 g/mol. The van der Waals surface area contributed by atoms with Crippen LogP contribution in [0.2, 0.25) is 5.15 Å². The molecule has 1 saturated heterocycles. The van der Waals surface area contributed by atoms with Crippen LogP contribution in [0.15, 0.2) is 41.1 Å². The van der Waals surface area contributed by atoms with Crippen LogP contribution in [0.1, 0.15) is 70.3 Å². The normalized spacial score (nSPS) is 17.3. The molecule has 3 heterocycles. The van der Waals surface area contributed by atoms with Crippen LogP contribution in [0.5, 0.6) is 0 Å². The van der Waals surface area contributed by atoms with Crippen molar-refractivity contribution in [1.82, 2.24) is 19.4 Å². The lowest BCUT2D eigenvalue weighted by Gasteiger charge is -2.28. The monoisotopic (exact) mass is 552 g/mol. The number of nitrogens with one attached hydrogen (secondary N) is 1. The first-order valence-electron chi connectivity index (χ1n) is 12.5. The van der Waals surface area contributed by atoms with Gasteiger partial charge in [0.05, 0.1) is 30.5 Å². The molecule has 3 aromatic rings. The van der Waals surface area contributed by atoms with E-state index in [1.165, 1.54) is 12.3 Å². The fourth-order valence-electron chi connectivity index (χ4n) is 4.46. The van der Waals surface area contributed by atoms with Crippen LogP contribution in [-0.2, 0) is 33.7 Å². The van der Waals surface area contributed by atoms with Gasteiger partial charge in [-0.25, -0.2) is 9.37 Å². The first-order valence-corrected chi connectivity index (χ1v) is 14.0. The number of unbranched alkanes of at least 4 members (excludes halogenated alkanes) is 2. The Morgan fingerprint density at radius 2 is 1.92 bits per heavy atom. The topological polar surface area (TPSA) is 97.4 Å². The average molecular weight is 553 g/mol. The lowest BCUT2D eigenvalue weighted by molar-refractivity contribution is -0.175. The smallest absolute Gasteiger partial charge is 0.215 e. The summed E-state index contributed by atoms with van der Waals surface area (Å²) in [4.78, 5) is 4.47. The van der Waals surface area contributed by atoms with Crippen LogP contribution < -0.4 is 4.72 Å². The molecule has 2 aromatic heterocycles. The van der Waals surface area contributed by atoms with Gasteiger partial charge in [-0.05, 0) is 45.7 Å². The summed E-state index contributed by atoms with van der Waals surface area (Å²) in [5.41, 5.74) is 1.69. The molecule has 0 saturated carbocycles. The highest BCUT2D eigenvalue weighted by atomic mass is 35.5. The second-order valence-electron chi connectivity index (χ2n) is 10.1. The lowest BCUT2D eigenvalue weighted by Crippen LogP contribution is -2.41. The van der Waals surface area contributed by atoms with Gasteiger partial charge in [0.2, 0.25) is 5.79 Å². The second-order valence-corrected chi connectivity index (χ2v) is 12.5. The molecule has 0 amide bonds. The summed E-state index contributed by atoms with van der Waals surface area (Å²) < 4.78 is 48.9. The van der Waals surface area contributed by atoms with E-state index >= 15 is 0 Å². The molecule has 0 aliphatic carbocycles. The molecule has 1 aliphatic heterocycles. The summed E-state index contributed by atoms with van der Waals surface area (Å²) in [5.74, 6) is -0.811. The highest BCUT2D eigenvalue weighted by Crippen LogP contribution is 2.37. The number of rotatable bonds is 11. The summed E-state index contributed by atoms with van der Waals surface area (Å²) in [5, 5.41) is 4.29. The predicted molar refractivity (Wildman–Crippen MR) is 141 cm³/mol. The molecule has 1 unspecified atom stereocenters. The van der Waals surface area contributed by atoms with Crippen molar-refractivity contribution in [3.05, 3.63) is 59.0 Å². The number of hydrogen-bond donors (Lipinski definition) is 1. The summed E-state index contributed by atoms with van der Waals surface area (Å²) >= 11 is 5.26. The van der Waals surface area contributed by atoms with E-state index in [1.807, 2.05) is 20.8 Å². The zero-order valence-corrected chi connectivity index (χ0v) is 23.2. The van der Waals surface area contributed by atoms with Gasteiger partial charge in [-0.15, -0.1) is 4.72 Å². The maximum Gasteiger partial charge on any atom is 0.215 e. The number of hydrogen-bond acceptors (Lipinski definition) is 7. The Kier molecular flexibility index (Phi) is 8.98. The van der Waals surface area contributed by atoms with Crippen molar-refractivity contribution >= 4 is 23.0 Å². The van der Waals surface area contributed by atoms with E-state index in [2.05, 4.69) is 14.9 Å². The molecular formula is C26H34ClFN4O4S. The minimum absolute atomic E-state index is 0.266. The first kappa shape index (κ1) is 28.1. The number of nitrogens with zero attached hydrogens (tertiary/aromatic N) is 3. The fraction of sp³-hybridized carbons (Fsp3) is 0.538. The summed E-state index contributed by atoms with van der Waals surface area (Å²) in [6.45, 7) is 6.76. The summed E-state index contributed by atoms with van der Waals surface area (Å²) in [7, 11) is 1.81. The average Bonchev–Trinajstić information content (AvgIpc) is 3.60. The van der Waals surface area contributed by atoms with E-state index in [9.17, 15) is 8.94 Å². The van der Waals surface area contributed by atoms with Crippen LogP contribution in [0.4, 0.5) is 4.39 Å². The highest BCUT2D eigenvalue weighted by Gasteiger charge is 2.40. The van der Waals surface area contributed by atoms with Crippen molar-refractivity contribution in [2.45, 2.75) is 69.5 Å². The van der Waals surface area contributed by atoms with E-state index in [0.29, 0.717) is 48.8 Å². The third kappa shape index (κ3) is 6.38. The second kappa shape index (κ2) is 11.8. The van der Waals surface area contributed by atoms with Gasteiger partial charge in [0.25, 0.3) is 0 Å². The minimum Gasteiger partial charge on any atom is -0.598 e. The van der Waals surface area contributed by atoms with E-state index in [1.54, 1.807) is 35.9 Å². The molecule has 1 N–H and O–H groups in total. The van der Waals surface area contributed by atoms with Gasteiger partial charge in [0.1, 0.15) is 28.3 Å².